The molecule has 4 rings (SSSR count). The zero-order chi connectivity index (χ0) is 23.4. The van der Waals surface area contributed by atoms with Crippen molar-refractivity contribution in [3.8, 4) is 17.7 Å². The van der Waals surface area contributed by atoms with Gasteiger partial charge in [0, 0.05) is 19.3 Å². The van der Waals surface area contributed by atoms with Crippen LogP contribution in [-0.4, -0.2) is 34.5 Å². The summed E-state index contributed by atoms with van der Waals surface area (Å²) in [5, 5.41) is 12.3. The molecule has 3 aromatic rings. The molecule has 1 aliphatic rings. The Bertz CT molecular complexity index is 1330. The van der Waals surface area contributed by atoms with E-state index in [9.17, 15) is 14.9 Å². The van der Waals surface area contributed by atoms with Gasteiger partial charge >= 0.3 is 0 Å². The normalized spacial score (nSPS) is 15.9. The number of hydrogen-bond donors (Lipinski definition) is 1. The third-order valence-corrected chi connectivity index (χ3v) is 5.66. The average Bonchev–Trinajstić information content (AvgIpc) is 3.34. The van der Waals surface area contributed by atoms with Crippen LogP contribution in [0.3, 0.4) is 0 Å². The third-order valence-electron chi connectivity index (χ3n) is 5.66. The van der Waals surface area contributed by atoms with Crippen LogP contribution in [0.15, 0.2) is 53.0 Å². The average molecular weight is 444 g/mol. The van der Waals surface area contributed by atoms with Gasteiger partial charge < -0.3 is 14.8 Å². The quantitative estimate of drug-likeness (QED) is 0.462. The van der Waals surface area contributed by atoms with Crippen LogP contribution in [0, 0.1) is 25.2 Å². The van der Waals surface area contributed by atoms with Crippen molar-refractivity contribution in [1.29, 1.82) is 5.26 Å². The molecule has 1 unspecified atom stereocenters. The molecule has 0 spiro atoms. The molecule has 8 heteroatoms. The molecule has 1 fully saturated rings. The number of nitrogens with one attached hydrogen (secondary N) is 1. The lowest BCUT2D eigenvalue weighted by atomic mass is 10.1. The first-order valence-electron chi connectivity index (χ1n) is 10.7. The summed E-state index contributed by atoms with van der Waals surface area (Å²) < 4.78 is 12.9. The molecule has 1 saturated heterocycles. The van der Waals surface area contributed by atoms with Crippen LogP contribution in [0.25, 0.3) is 11.7 Å². The number of fused-ring (bicyclic) bond motifs is 1. The molecule has 168 valence electrons. The van der Waals surface area contributed by atoms with Crippen molar-refractivity contribution in [3.05, 3.63) is 75.2 Å². The minimum Gasteiger partial charge on any atom is -0.438 e. The predicted molar refractivity (Wildman–Crippen MR) is 123 cm³/mol. The van der Waals surface area contributed by atoms with Gasteiger partial charge in [-0.15, -0.1) is 0 Å². The van der Waals surface area contributed by atoms with Gasteiger partial charge in [0.1, 0.15) is 28.6 Å². The van der Waals surface area contributed by atoms with Crippen molar-refractivity contribution in [2.75, 3.05) is 13.2 Å². The van der Waals surface area contributed by atoms with Crippen molar-refractivity contribution < 1.29 is 14.3 Å². The largest absolute Gasteiger partial charge is 0.438 e. The van der Waals surface area contributed by atoms with Gasteiger partial charge in [0.15, 0.2) is 0 Å². The highest BCUT2D eigenvalue weighted by Crippen LogP contribution is 2.28. The first-order valence-corrected chi connectivity index (χ1v) is 10.7. The van der Waals surface area contributed by atoms with Crippen LogP contribution in [0.4, 0.5) is 0 Å². The molecule has 0 aliphatic carbocycles. The maximum absolute atomic E-state index is 13.3. The van der Waals surface area contributed by atoms with Crippen molar-refractivity contribution in [2.45, 2.75) is 32.8 Å². The Morgan fingerprint density at radius 1 is 1.33 bits per heavy atom. The Labute approximate surface area is 191 Å². The summed E-state index contributed by atoms with van der Waals surface area (Å²) in [5.74, 6) is -0.0130. The lowest BCUT2D eigenvalue weighted by Crippen LogP contribution is -2.32. The fourth-order valence-corrected chi connectivity index (χ4v) is 3.62. The number of nitrogens with zero attached hydrogens (tertiary/aromatic N) is 3. The van der Waals surface area contributed by atoms with Crippen molar-refractivity contribution in [3.63, 3.8) is 0 Å². The number of hydrogen-bond acceptors (Lipinski definition) is 6. The predicted octanol–water partition coefficient (Wildman–Crippen LogP) is 3.31. The van der Waals surface area contributed by atoms with Gasteiger partial charge in [-0.2, -0.15) is 10.2 Å². The Balaban J connectivity index is 1.75. The van der Waals surface area contributed by atoms with Crippen molar-refractivity contribution in [2.24, 2.45) is 0 Å². The molecule has 8 nitrogen and oxygen atoms in total. The lowest BCUT2D eigenvalue weighted by Gasteiger charge is -2.13. The summed E-state index contributed by atoms with van der Waals surface area (Å²) in [6.07, 6.45) is 4.55. The highest BCUT2D eigenvalue weighted by atomic mass is 16.5. The van der Waals surface area contributed by atoms with E-state index >= 15 is 0 Å². The third kappa shape index (κ3) is 4.78. The Morgan fingerprint density at radius 2 is 2.18 bits per heavy atom. The zero-order valence-electron chi connectivity index (χ0n) is 18.5. The summed E-state index contributed by atoms with van der Waals surface area (Å²) in [5.41, 5.74) is 1.67. The molecule has 33 heavy (non-hydrogen) atoms. The van der Waals surface area contributed by atoms with E-state index in [1.165, 1.54) is 10.5 Å². The molecule has 0 bridgehead atoms. The number of rotatable bonds is 6. The number of aryl methyl sites for hydroxylation is 1. The number of amides is 1. The van der Waals surface area contributed by atoms with E-state index in [-0.39, 0.29) is 23.1 Å². The molecule has 1 atom stereocenters. The number of ether oxygens (including phenoxy) is 2. The van der Waals surface area contributed by atoms with Crippen LogP contribution in [0.1, 0.15) is 29.5 Å². The van der Waals surface area contributed by atoms with Crippen LogP contribution in [-0.2, 0) is 9.53 Å². The number of carbonyl (C=O) groups is 1. The van der Waals surface area contributed by atoms with Gasteiger partial charge in [0.25, 0.3) is 11.5 Å². The molecule has 3 heterocycles. The number of pyridine rings is 1. The van der Waals surface area contributed by atoms with E-state index in [1.807, 2.05) is 32.0 Å². The Morgan fingerprint density at radius 3 is 2.94 bits per heavy atom. The Kier molecular flexibility index (Phi) is 6.52. The van der Waals surface area contributed by atoms with E-state index in [0.717, 1.165) is 24.0 Å². The maximum atomic E-state index is 13.3. The van der Waals surface area contributed by atoms with Crippen LogP contribution >= 0.6 is 0 Å². The van der Waals surface area contributed by atoms with Crippen LogP contribution in [0.5, 0.6) is 11.6 Å². The SMILES string of the molecule is Cc1cccc(Oc2nc3ccccn3c(=O)c2/C=C(\C#N)C(=O)NCC2CCCO2)c1C. The second-order valence-corrected chi connectivity index (χ2v) is 7.88. The molecule has 1 aromatic carbocycles. The molecule has 1 amide bonds. The highest BCUT2D eigenvalue weighted by Gasteiger charge is 2.20. The number of aromatic nitrogens is 2. The summed E-state index contributed by atoms with van der Waals surface area (Å²) in [6, 6.07) is 12.6. The number of nitriles is 1. The van der Waals surface area contributed by atoms with Gasteiger partial charge in [0.05, 0.1) is 6.10 Å². The van der Waals surface area contributed by atoms with Crippen molar-refractivity contribution >= 4 is 17.6 Å². The van der Waals surface area contributed by atoms with Gasteiger partial charge in [0.2, 0.25) is 5.88 Å². The molecule has 0 radical (unpaired) electrons. The molecule has 2 aromatic heterocycles. The molecule has 0 saturated carbocycles. The van der Waals surface area contributed by atoms with Gasteiger partial charge in [-0.25, -0.2) is 0 Å². The fourth-order valence-electron chi connectivity index (χ4n) is 3.62. The maximum Gasteiger partial charge on any atom is 0.269 e. The van der Waals surface area contributed by atoms with E-state index in [2.05, 4.69) is 10.3 Å². The fraction of sp³-hybridized carbons (Fsp3) is 0.280. The molecule has 1 N–H and O–H groups in total. The first-order chi connectivity index (χ1) is 16.0. The summed E-state index contributed by atoms with van der Waals surface area (Å²) in [7, 11) is 0. The molecular weight excluding hydrogens is 420 g/mol. The zero-order valence-corrected chi connectivity index (χ0v) is 18.5. The minimum atomic E-state index is -0.580. The molecular formula is C25H24N4O4. The smallest absolute Gasteiger partial charge is 0.269 e. The van der Waals surface area contributed by atoms with Gasteiger partial charge in [-0.05, 0) is 62.1 Å². The first kappa shape index (κ1) is 22.2. The second kappa shape index (κ2) is 9.67. The summed E-state index contributed by atoms with van der Waals surface area (Å²) >= 11 is 0. The minimum absolute atomic E-state index is 0.0171. The number of carbonyl (C=O) groups excluding carboxylic acids is 1. The summed E-state index contributed by atoms with van der Waals surface area (Å²) in [4.78, 5) is 30.4. The van der Waals surface area contributed by atoms with E-state index in [1.54, 1.807) is 30.5 Å². The van der Waals surface area contributed by atoms with E-state index in [0.29, 0.717) is 24.5 Å². The van der Waals surface area contributed by atoms with Crippen LogP contribution < -0.4 is 15.6 Å². The van der Waals surface area contributed by atoms with Gasteiger partial charge in [-0.1, -0.05) is 18.2 Å². The van der Waals surface area contributed by atoms with E-state index < -0.39 is 11.5 Å². The summed E-state index contributed by atoms with van der Waals surface area (Å²) in [6.45, 7) is 4.84. The van der Waals surface area contributed by atoms with Crippen molar-refractivity contribution in [1.82, 2.24) is 14.7 Å². The number of benzene rings is 1. The standard InChI is InChI=1S/C25H24N4O4/c1-16-7-5-9-21(17(16)2)33-24-20(25(31)29-11-4-3-10-22(29)28-24)13-18(14-26)23(30)27-15-19-8-6-12-32-19/h3-5,7,9-11,13,19H,6,8,12,15H2,1-2H3,(H,27,30)/b18-13+. The topological polar surface area (TPSA) is 106 Å². The monoisotopic (exact) mass is 444 g/mol. The lowest BCUT2D eigenvalue weighted by molar-refractivity contribution is -0.117. The van der Waals surface area contributed by atoms with Gasteiger partial charge in [-0.3, -0.25) is 14.0 Å². The van der Waals surface area contributed by atoms with E-state index in [4.69, 9.17) is 9.47 Å². The second-order valence-electron chi connectivity index (χ2n) is 7.88. The highest BCUT2D eigenvalue weighted by molar-refractivity contribution is 6.01. The Hall–Kier alpha value is -3.96. The van der Waals surface area contributed by atoms with Crippen LogP contribution in [0.2, 0.25) is 0 Å². The molecule has 1 aliphatic heterocycles.